The highest BCUT2D eigenvalue weighted by atomic mass is 16.7. The summed E-state index contributed by atoms with van der Waals surface area (Å²) in [4.78, 5) is 74.3. The summed E-state index contributed by atoms with van der Waals surface area (Å²) in [7, 11) is 0. The van der Waals surface area contributed by atoms with E-state index in [2.05, 4.69) is 17.2 Å². The van der Waals surface area contributed by atoms with E-state index in [0.717, 1.165) is 43.0 Å². The van der Waals surface area contributed by atoms with E-state index in [4.69, 9.17) is 33.2 Å². The van der Waals surface area contributed by atoms with E-state index in [-0.39, 0.29) is 19.1 Å². The third-order valence-electron chi connectivity index (χ3n) is 7.76. The molecule has 1 aliphatic heterocycles. The number of carbonyl (C=O) groups excluding carboxylic acids is 6. The second-order valence-corrected chi connectivity index (χ2v) is 11.5. The molecule has 2 aromatic carbocycles. The molecule has 2 amide bonds. The van der Waals surface area contributed by atoms with Crippen molar-refractivity contribution in [2.45, 2.75) is 70.3 Å². The van der Waals surface area contributed by atoms with Gasteiger partial charge in [-0.3, -0.25) is 19.2 Å². The van der Waals surface area contributed by atoms with Gasteiger partial charge in [0.1, 0.15) is 32.0 Å². The van der Waals surface area contributed by atoms with Crippen molar-refractivity contribution in [1.29, 1.82) is 0 Å². The highest BCUT2D eigenvalue weighted by Gasteiger charge is 2.51. The molecule has 268 valence electrons. The first kappa shape index (κ1) is 37.5. The highest BCUT2D eigenvalue weighted by molar-refractivity contribution is 5.82. The number of benzene rings is 2. The molecule has 0 aromatic heterocycles. The van der Waals surface area contributed by atoms with Gasteiger partial charge in [0.2, 0.25) is 5.91 Å². The van der Waals surface area contributed by atoms with Crippen molar-refractivity contribution >= 4 is 35.9 Å². The van der Waals surface area contributed by atoms with Crippen LogP contribution in [0.15, 0.2) is 61.2 Å². The predicted octanol–water partition coefficient (Wildman–Crippen LogP) is 2.30. The van der Waals surface area contributed by atoms with Crippen LogP contribution in [-0.4, -0.2) is 99.0 Å². The molecule has 1 saturated heterocycles. The first-order valence-electron chi connectivity index (χ1n) is 15.8. The van der Waals surface area contributed by atoms with Crippen molar-refractivity contribution in [3.63, 3.8) is 0 Å². The zero-order chi connectivity index (χ0) is 36.4. The number of carbonyl (C=O) groups is 6. The van der Waals surface area contributed by atoms with Crippen LogP contribution in [-0.2, 0) is 57.1 Å². The molecule has 15 heteroatoms. The first-order chi connectivity index (χ1) is 23.9. The topological polar surface area (TPSA) is 191 Å². The molecular weight excluding hydrogens is 656 g/mol. The number of rotatable bonds is 14. The zero-order valence-corrected chi connectivity index (χ0v) is 28.1. The van der Waals surface area contributed by atoms with E-state index in [1.54, 1.807) is 0 Å². The van der Waals surface area contributed by atoms with Crippen molar-refractivity contribution in [3.05, 3.63) is 72.3 Å². The second-order valence-electron chi connectivity index (χ2n) is 11.5. The number of amides is 2. The van der Waals surface area contributed by atoms with Crippen molar-refractivity contribution in [3.8, 4) is 11.1 Å². The number of alkyl carbamates (subject to hydrolysis) is 1. The zero-order valence-electron chi connectivity index (χ0n) is 28.1. The van der Waals surface area contributed by atoms with Crippen LogP contribution >= 0.6 is 0 Å². The monoisotopic (exact) mass is 696 g/mol. The minimum absolute atomic E-state index is 0.0368. The average molecular weight is 697 g/mol. The fraction of sp³-hybridized carbons (Fsp3) is 0.429. The Bertz CT molecular complexity index is 1550. The third kappa shape index (κ3) is 9.66. The lowest BCUT2D eigenvalue weighted by Crippen LogP contribution is -2.67. The number of nitrogens with one attached hydrogen (secondary N) is 2. The van der Waals surface area contributed by atoms with Crippen LogP contribution in [0.1, 0.15) is 44.7 Å². The summed E-state index contributed by atoms with van der Waals surface area (Å²) >= 11 is 0. The molecule has 50 heavy (non-hydrogen) atoms. The Morgan fingerprint density at radius 1 is 0.800 bits per heavy atom. The lowest BCUT2D eigenvalue weighted by molar-refractivity contribution is -0.278. The van der Waals surface area contributed by atoms with Gasteiger partial charge < -0.3 is 43.8 Å². The van der Waals surface area contributed by atoms with Gasteiger partial charge in [-0.05, 0) is 22.3 Å². The molecule has 2 aliphatic rings. The fourth-order valence-corrected chi connectivity index (χ4v) is 5.82. The molecule has 2 N–H and O–H groups in total. The van der Waals surface area contributed by atoms with Crippen LogP contribution in [0.5, 0.6) is 0 Å². The van der Waals surface area contributed by atoms with Gasteiger partial charge >= 0.3 is 30.0 Å². The number of esters is 4. The maximum absolute atomic E-state index is 13.1. The summed E-state index contributed by atoms with van der Waals surface area (Å²) in [6, 6.07) is 12.8. The summed E-state index contributed by atoms with van der Waals surface area (Å²) in [6.07, 6.45) is -5.09. The molecule has 0 saturated carbocycles. The van der Waals surface area contributed by atoms with Crippen LogP contribution in [0.25, 0.3) is 11.1 Å². The van der Waals surface area contributed by atoms with Gasteiger partial charge in [0.25, 0.3) is 0 Å². The summed E-state index contributed by atoms with van der Waals surface area (Å²) in [5, 5.41) is 5.03. The standard InChI is InChI=1S/C35H40N2O13/c1-6-15-44-33(42)28(37-35(43)47-16-27-25-13-9-7-11-23(25)24-12-8-10-14-26(24)27)17-46-34-30(36-19(2)38)32(49-22(5)41)31(48-21(4)40)29(50-34)18-45-20(3)39/h6-14,27-32,34H,1,15-18H2,2-5H3,(H,36,38)(H,37,43)/t28-,29?,30+,31-,32-,34-/m1/s1. The van der Waals surface area contributed by atoms with Crippen LogP contribution in [0.2, 0.25) is 0 Å². The van der Waals surface area contributed by atoms with Gasteiger partial charge in [0, 0.05) is 33.6 Å². The second kappa shape index (κ2) is 17.4. The van der Waals surface area contributed by atoms with Gasteiger partial charge in [-0.15, -0.1) is 0 Å². The molecule has 1 unspecified atom stereocenters. The van der Waals surface area contributed by atoms with Gasteiger partial charge in [-0.25, -0.2) is 9.59 Å². The molecule has 0 bridgehead atoms. The maximum Gasteiger partial charge on any atom is 0.407 e. The Kier molecular flexibility index (Phi) is 13.1. The molecule has 1 heterocycles. The molecular formula is C35H40N2O13. The van der Waals surface area contributed by atoms with Crippen molar-refractivity contribution in [2.75, 3.05) is 26.4 Å². The Hall–Kier alpha value is -5.28. The van der Waals surface area contributed by atoms with Crippen LogP contribution in [0, 0.1) is 0 Å². The minimum atomic E-state index is -1.49. The number of hydrogen-bond acceptors (Lipinski definition) is 13. The van der Waals surface area contributed by atoms with Crippen molar-refractivity contribution < 1.29 is 61.9 Å². The van der Waals surface area contributed by atoms with Gasteiger partial charge in [-0.2, -0.15) is 0 Å². The van der Waals surface area contributed by atoms with E-state index in [1.165, 1.54) is 13.0 Å². The predicted molar refractivity (Wildman–Crippen MR) is 173 cm³/mol. The maximum atomic E-state index is 13.1. The average Bonchev–Trinajstić information content (AvgIpc) is 3.38. The first-order valence-corrected chi connectivity index (χ1v) is 15.8. The van der Waals surface area contributed by atoms with E-state index >= 15 is 0 Å². The third-order valence-corrected chi connectivity index (χ3v) is 7.76. The largest absolute Gasteiger partial charge is 0.463 e. The molecule has 1 fully saturated rings. The highest BCUT2D eigenvalue weighted by Crippen LogP contribution is 2.44. The Morgan fingerprint density at radius 3 is 1.96 bits per heavy atom. The van der Waals surface area contributed by atoms with Crippen molar-refractivity contribution in [2.24, 2.45) is 0 Å². The fourth-order valence-electron chi connectivity index (χ4n) is 5.82. The number of fused-ring (bicyclic) bond motifs is 3. The smallest absolute Gasteiger partial charge is 0.407 e. The number of hydrogen-bond donors (Lipinski definition) is 2. The van der Waals surface area contributed by atoms with E-state index in [0.29, 0.717) is 0 Å². The quantitative estimate of drug-likeness (QED) is 0.166. The minimum Gasteiger partial charge on any atom is -0.463 e. The van der Waals surface area contributed by atoms with Gasteiger partial charge in [0.05, 0.1) is 6.61 Å². The summed E-state index contributed by atoms with van der Waals surface area (Å²) in [6.45, 7) is 6.80. The molecule has 4 rings (SSSR count). The Labute approximate surface area is 288 Å². The molecule has 0 spiro atoms. The SMILES string of the molecule is C=CCOC(=O)[C@@H](CO[C@@H]1OC(COC(C)=O)[C@@H](OC(C)=O)[C@H](OC(C)=O)[C@@H]1NC(C)=O)NC(=O)OCC1c2ccccc2-c2ccccc21. The lowest BCUT2D eigenvalue weighted by atomic mass is 9.96. The Morgan fingerprint density at radius 2 is 1.40 bits per heavy atom. The molecule has 2 aromatic rings. The molecule has 0 radical (unpaired) electrons. The molecule has 1 aliphatic carbocycles. The van der Waals surface area contributed by atoms with E-state index < -0.39 is 85.8 Å². The summed E-state index contributed by atoms with van der Waals surface area (Å²) in [5.74, 6) is -4.00. The Balaban J connectivity index is 1.53. The van der Waals surface area contributed by atoms with Crippen LogP contribution < -0.4 is 10.6 Å². The molecule has 6 atom stereocenters. The van der Waals surface area contributed by atoms with E-state index in [9.17, 15) is 28.8 Å². The lowest BCUT2D eigenvalue weighted by Gasteiger charge is -2.45. The van der Waals surface area contributed by atoms with Crippen LogP contribution in [0.3, 0.4) is 0 Å². The number of ether oxygens (including phenoxy) is 7. The van der Waals surface area contributed by atoms with Crippen molar-refractivity contribution in [1.82, 2.24) is 10.6 Å². The van der Waals surface area contributed by atoms with Gasteiger partial charge in [0.15, 0.2) is 24.5 Å². The molecule has 15 nitrogen and oxygen atoms in total. The van der Waals surface area contributed by atoms with Crippen LogP contribution in [0.4, 0.5) is 4.79 Å². The summed E-state index contributed by atoms with van der Waals surface area (Å²) in [5.41, 5.74) is 4.05. The van der Waals surface area contributed by atoms with E-state index in [1.807, 2.05) is 48.5 Å². The van der Waals surface area contributed by atoms with Gasteiger partial charge in [-0.1, -0.05) is 61.2 Å². The summed E-state index contributed by atoms with van der Waals surface area (Å²) < 4.78 is 38.6. The normalized spacial score (nSPS) is 21.3.